The molecule has 2 nitrogen and oxygen atoms in total. The zero-order valence-electron chi connectivity index (χ0n) is 9.45. The SMILES string of the molecule is CCOC(=O)C1CCC2C3CCC(C3)C12. The molecule has 0 radical (unpaired) electrons. The average molecular weight is 208 g/mol. The molecule has 0 aliphatic heterocycles. The van der Waals surface area contributed by atoms with Gasteiger partial charge in [0.2, 0.25) is 0 Å². The molecule has 0 amide bonds. The van der Waals surface area contributed by atoms with Gasteiger partial charge in [-0.3, -0.25) is 4.79 Å². The standard InChI is InChI=1S/C13H20O2/c1-2-15-13(14)11-6-5-10-8-3-4-9(7-8)12(10)11/h8-12H,2-7H2,1H3. The predicted octanol–water partition coefficient (Wildman–Crippen LogP) is 2.62. The van der Waals surface area contributed by atoms with Gasteiger partial charge >= 0.3 is 5.97 Å². The summed E-state index contributed by atoms with van der Waals surface area (Å²) in [7, 11) is 0. The van der Waals surface area contributed by atoms with Crippen molar-refractivity contribution in [1.29, 1.82) is 0 Å². The van der Waals surface area contributed by atoms with Crippen LogP contribution in [0.2, 0.25) is 0 Å². The van der Waals surface area contributed by atoms with E-state index >= 15 is 0 Å². The van der Waals surface area contributed by atoms with Crippen molar-refractivity contribution in [2.24, 2.45) is 29.6 Å². The maximum Gasteiger partial charge on any atom is 0.309 e. The number of fused-ring (bicyclic) bond motifs is 5. The van der Waals surface area contributed by atoms with Gasteiger partial charge in [0.25, 0.3) is 0 Å². The quantitative estimate of drug-likeness (QED) is 0.652. The van der Waals surface area contributed by atoms with E-state index in [-0.39, 0.29) is 11.9 Å². The second-order valence-electron chi connectivity index (χ2n) is 5.51. The van der Waals surface area contributed by atoms with Crippen LogP contribution in [0.4, 0.5) is 0 Å². The zero-order chi connectivity index (χ0) is 10.4. The van der Waals surface area contributed by atoms with E-state index in [0.29, 0.717) is 12.5 Å². The van der Waals surface area contributed by atoms with Crippen LogP contribution in [-0.4, -0.2) is 12.6 Å². The van der Waals surface area contributed by atoms with Gasteiger partial charge in [0.05, 0.1) is 12.5 Å². The first kappa shape index (κ1) is 9.68. The van der Waals surface area contributed by atoms with Crippen molar-refractivity contribution in [3.63, 3.8) is 0 Å². The molecule has 84 valence electrons. The number of hydrogen-bond acceptors (Lipinski definition) is 2. The molecule has 3 aliphatic rings. The van der Waals surface area contributed by atoms with Crippen molar-refractivity contribution in [2.75, 3.05) is 6.61 Å². The third-order valence-electron chi connectivity index (χ3n) is 5.02. The average Bonchev–Trinajstić information content (AvgIpc) is 2.90. The first-order valence-electron chi connectivity index (χ1n) is 6.48. The van der Waals surface area contributed by atoms with E-state index in [1.165, 1.54) is 25.7 Å². The van der Waals surface area contributed by atoms with Gasteiger partial charge in [-0.2, -0.15) is 0 Å². The Hall–Kier alpha value is -0.530. The van der Waals surface area contributed by atoms with Crippen molar-refractivity contribution in [2.45, 2.75) is 39.0 Å². The molecule has 0 aromatic heterocycles. The molecule has 0 N–H and O–H groups in total. The van der Waals surface area contributed by atoms with Crippen molar-refractivity contribution in [3.8, 4) is 0 Å². The summed E-state index contributed by atoms with van der Waals surface area (Å²) >= 11 is 0. The third kappa shape index (κ3) is 1.33. The molecule has 0 heterocycles. The lowest BCUT2D eigenvalue weighted by Gasteiger charge is -2.27. The van der Waals surface area contributed by atoms with Gasteiger partial charge in [0, 0.05) is 0 Å². The lowest BCUT2D eigenvalue weighted by Crippen LogP contribution is -2.28. The smallest absolute Gasteiger partial charge is 0.309 e. The fraction of sp³-hybridized carbons (Fsp3) is 0.923. The van der Waals surface area contributed by atoms with E-state index < -0.39 is 0 Å². The van der Waals surface area contributed by atoms with Gasteiger partial charge in [0.15, 0.2) is 0 Å². The van der Waals surface area contributed by atoms with Crippen molar-refractivity contribution >= 4 is 5.97 Å². The minimum Gasteiger partial charge on any atom is -0.466 e. The third-order valence-corrected chi connectivity index (χ3v) is 5.02. The highest BCUT2D eigenvalue weighted by atomic mass is 16.5. The van der Waals surface area contributed by atoms with E-state index in [9.17, 15) is 4.79 Å². The van der Waals surface area contributed by atoms with Crippen LogP contribution in [0.15, 0.2) is 0 Å². The molecule has 3 aliphatic carbocycles. The molecule has 15 heavy (non-hydrogen) atoms. The first-order chi connectivity index (χ1) is 7.31. The first-order valence-corrected chi connectivity index (χ1v) is 6.48. The Morgan fingerprint density at radius 2 is 2.00 bits per heavy atom. The molecule has 0 aromatic rings. The highest BCUT2D eigenvalue weighted by Crippen LogP contribution is 2.60. The molecule has 5 unspecified atom stereocenters. The maximum atomic E-state index is 11.8. The predicted molar refractivity (Wildman–Crippen MR) is 57.2 cm³/mol. The summed E-state index contributed by atoms with van der Waals surface area (Å²) in [5, 5.41) is 0. The largest absolute Gasteiger partial charge is 0.466 e. The van der Waals surface area contributed by atoms with E-state index in [0.717, 1.165) is 24.2 Å². The minimum atomic E-state index is 0.0950. The summed E-state index contributed by atoms with van der Waals surface area (Å²) in [5.41, 5.74) is 0. The molecule has 3 rings (SSSR count). The molecule has 3 fully saturated rings. The van der Waals surface area contributed by atoms with Crippen LogP contribution in [0.25, 0.3) is 0 Å². The molecule has 5 atom stereocenters. The maximum absolute atomic E-state index is 11.8. The molecule has 0 saturated heterocycles. The minimum absolute atomic E-state index is 0.0950. The van der Waals surface area contributed by atoms with E-state index in [1.807, 2.05) is 6.92 Å². The van der Waals surface area contributed by atoms with Crippen molar-refractivity contribution in [1.82, 2.24) is 0 Å². The molecule has 2 heteroatoms. The zero-order valence-corrected chi connectivity index (χ0v) is 9.45. The summed E-state index contributed by atoms with van der Waals surface area (Å²) in [5.74, 6) is 3.74. The van der Waals surface area contributed by atoms with Gasteiger partial charge < -0.3 is 4.74 Å². The lowest BCUT2D eigenvalue weighted by molar-refractivity contribution is -0.150. The van der Waals surface area contributed by atoms with E-state index in [4.69, 9.17) is 4.74 Å². The van der Waals surface area contributed by atoms with Gasteiger partial charge in [-0.25, -0.2) is 0 Å². The van der Waals surface area contributed by atoms with E-state index in [2.05, 4.69) is 0 Å². The van der Waals surface area contributed by atoms with E-state index in [1.54, 1.807) is 0 Å². The molecule has 0 aromatic carbocycles. The summed E-state index contributed by atoms with van der Waals surface area (Å²) in [6, 6.07) is 0. The van der Waals surface area contributed by atoms with Crippen LogP contribution in [0.1, 0.15) is 39.0 Å². The van der Waals surface area contributed by atoms with Crippen LogP contribution in [0, 0.1) is 29.6 Å². The van der Waals surface area contributed by atoms with Crippen LogP contribution in [-0.2, 0) is 9.53 Å². The molecule has 2 bridgehead atoms. The Morgan fingerprint density at radius 1 is 1.20 bits per heavy atom. The Morgan fingerprint density at radius 3 is 2.80 bits per heavy atom. The van der Waals surface area contributed by atoms with Crippen LogP contribution >= 0.6 is 0 Å². The Labute approximate surface area is 91.4 Å². The number of esters is 1. The fourth-order valence-electron chi connectivity index (χ4n) is 4.60. The highest BCUT2D eigenvalue weighted by molar-refractivity contribution is 5.73. The summed E-state index contributed by atoms with van der Waals surface area (Å²) in [4.78, 5) is 11.8. The molecule has 0 spiro atoms. The second-order valence-corrected chi connectivity index (χ2v) is 5.51. The number of rotatable bonds is 2. The van der Waals surface area contributed by atoms with Gasteiger partial charge in [-0.15, -0.1) is 0 Å². The summed E-state index contributed by atoms with van der Waals surface area (Å²) in [6.07, 6.45) is 6.60. The number of carbonyl (C=O) groups is 1. The summed E-state index contributed by atoms with van der Waals surface area (Å²) in [6.45, 7) is 2.45. The normalized spacial score (nSPS) is 46.9. The molecular formula is C13H20O2. The molecule has 3 saturated carbocycles. The van der Waals surface area contributed by atoms with Crippen LogP contribution in [0.3, 0.4) is 0 Å². The Bertz CT molecular complexity index is 274. The number of ether oxygens (including phenoxy) is 1. The van der Waals surface area contributed by atoms with Crippen molar-refractivity contribution in [3.05, 3.63) is 0 Å². The molecular weight excluding hydrogens is 188 g/mol. The Kier molecular flexibility index (Phi) is 2.26. The Balaban J connectivity index is 1.75. The second kappa shape index (κ2) is 3.50. The monoisotopic (exact) mass is 208 g/mol. The fourth-order valence-corrected chi connectivity index (χ4v) is 4.60. The van der Waals surface area contributed by atoms with Crippen LogP contribution in [0.5, 0.6) is 0 Å². The number of hydrogen-bond donors (Lipinski definition) is 0. The lowest BCUT2D eigenvalue weighted by atomic mass is 9.78. The van der Waals surface area contributed by atoms with Gasteiger partial charge in [0.1, 0.15) is 0 Å². The van der Waals surface area contributed by atoms with Crippen LogP contribution < -0.4 is 0 Å². The van der Waals surface area contributed by atoms with Gasteiger partial charge in [-0.1, -0.05) is 0 Å². The van der Waals surface area contributed by atoms with Crippen molar-refractivity contribution < 1.29 is 9.53 Å². The summed E-state index contributed by atoms with van der Waals surface area (Å²) < 4.78 is 5.20. The topological polar surface area (TPSA) is 26.3 Å². The van der Waals surface area contributed by atoms with Gasteiger partial charge in [-0.05, 0) is 62.7 Å². The highest BCUT2D eigenvalue weighted by Gasteiger charge is 2.55. The number of carbonyl (C=O) groups excluding carboxylic acids is 1.